The minimum absolute atomic E-state index is 0.170. The van der Waals surface area contributed by atoms with Crippen LogP contribution in [-0.2, 0) is 13.0 Å². The molecule has 2 aromatic carbocycles. The molecule has 1 aliphatic heterocycles. The van der Waals surface area contributed by atoms with E-state index in [0.717, 1.165) is 75.6 Å². The first-order chi connectivity index (χ1) is 19.7. The van der Waals surface area contributed by atoms with E-state index in [1.807, 2.05) is 30.6 Å². The maximum atomic E-state index is 9.76. The highest BCUT2D eigenvalue weighted by molar-refractivity contribution is 5.55. The van der Waals surface area contributed by atoms with Crippen molar-refractivity contribution in [2.45, 2.75) is 44.4 Å². The molecule has 1 aliphatic carbocycles. The zero-order valence-electron chi connectivity index (χ0n) is 22.5. The van der Waals surface area contributed by atoms with E-state index in [2.05, 4.69) is 81.8 Å². The summed E-state index contributed by atoms with van der Waals surface area (Å²) in [5, 5.41) is 16.6. The Labute approximate surface area is 234 Å². The molecule has 10 nitrogen and oxygen atoms in total. The molecule has 3 heterocycles. The highest BCUT2D eigenvalue weighted by atomic mass is 16.3. The SMILES string of the molecule is OC1CCC(NCc2cccc(Nc3ncnc(N4CCN(c5ncc(Cc6ccccc6)cn5)CC4)n3)c2)C1. The Kier molecular flexibility index (Phi) is 8.06. The van der Waals surface area contributed by atoms with E-state index in [0.29, 0.717) is 17.9 Å². The maximum Gasteiger partial charge on any atom is 0.231 e. The molecule has 2 fully saturated rings. The Morgan fingerprint density at radius 1 is 0.775 bits per heavy atom. The second kappa shape index (κ2) is 12.4. The van der Waals surface area contributed by atoms with Gasteiger partial charge in [0, 0.05) is 63.3 Å². The molecule has 2 atom stereocenters. The van der Waals surface area contributed by atoms with Gasteiger partial charge in [0.1, 0.15) is 6.33 Å². The smallest absolute Gasteiger partial charge is 0.231 e. The first kappa shape index (κ1) is 26.1. The summed E-state index contributed by atoms with van der Waals surface area (Å²) in [5.74, 6) is 1.94. The molecule has 4 aromatic rings. The average Bonchev–Trinajstić information content (AvgIpc) is 3.42. The van der Waals surface area contributed by atoms with Crippen LogP contribution in [0.4, 0.5) is 23.5 Å². The van der Waals surface area contributed by atoms with Crippen LogP contribution in [0.3, 0.4) is 0 Å². The molecule has 2 aliphatic rings. The Morgan fingerprint density at radius 3 is 2.27 bits per heavy atom. The lowest BCUT2D eigenvalue weighted by atomic mass is 10.1. The van der Waals surface area contributed by atoms with Crippen molar-refractivity contribution in [3.63, 3.8) is 0 Å². The van der Waals surface area contributed by atoms with E-state index in [9.17, 15) is 5.11 Å². The quantitative estimate of drug-likeness (QED) is 0.294. The second-order valence-corrected chi connectivity index (χ2v) is 10.5. The Balaban J connectivity index is 1.02. The maximum absolute atomic E-state index is 9.76. The van der Waals surface area contributed by atoms with Gasteiger partial charge in [-0.05, 0) is 48.1 Å². The number of nitrogens with zero attached hydrogens (tertiary/aromatic N) is 7. The molecule has 6 rings (SSSR count). The van der Waals surface area contributed by atoms with Crippen molar-refractivity contribution in [1.82, 2.24) is 30.2 Å². The van der Waals surface area contributed by atoms with Crippen LogP contribution >= 0.6 is 0 Å². The fourth-order valence-electron chi connectivity index (χ4n) is 5.33. The third-order valence-electron chi connectivity index (χ3n) is 7.53. The van der Waals surface area contributed by atoms with Crippen molar-refractivity contribution < 1.29 is 5.11 Å². The number of hydrogen-bond donors (Lipinski definition) is 3. The molecule has 0 bridgehead atoms. The van der Waals surface area contributed by atoms with Gasteiger partial charge in [-0.15, -0.1) is 0 Å². The Morgan fingerprint density at radius 2 is 1.52 bits per heavy atom. The van der Waals surface area contributed by atoms with E-state index in [-0.39, 0.29) is 6.10 Å². The molecule has 3 N–H and O–H groups in total. The van der Waals surface area contributed by atoms with Gasteiger partial charge in [0.15, 0.2) is 0 Å². The fraction of sp³-hybridized carbons (Fsp3) is 0.367. The summed E-state index contributed by atoms with van der Waals surface area (Å²) in [6.45, 7) is 3.89. The summed E-state index contributed by atoms with van der Waals surface area (Å²) in [6.07, 6.45) is 8.80. The Hall–Kier alpha value is -4.15. The van der Waals surface area contributed by atoms with Gasteiger partial charge in [0.25, 0.3) is 0 Å². The van der Waals surface area contributed by atoms with Crippen molar-refractivity contribution in [3.05, 3.63) is 90.0 Å². The summed E-state index contributed by atoms with van der Waals surface area (Å²) in [5.41, 5.74) is 4.46. The largest absolute Gasteiger partial charge is 0.393 e. The number of hydrogen-bond acceptors (Lipinski definition) is 10. The number of piperazine rings is 1. The summed E-state index contributed by atoms with van der Waals surface area (Å²) in [7, 11) is 0. The zero-order valence-corrected chi connectivity index (χ0v) is 22.5. The molecule has 0 amide bonds. The third kappa shape index (κ3) is 6.70. The number of rotatable bonds is 9. The number of aromatic nitrogens is 5. The lowest BCUT2D eigenvalue weighted by Crippen LogP contribution is -2.47. The fourth-order valence-corrected chi connectivity index (χ4v) is 5.33. The van der Waals surface area contributed by atoms with E-state index in [4.69, 9.17) is 0 Å². The molecule has 2 aromatic heterocycles. The zero-order chi connectivity index (χ0) is 27.1. The number of aliphatic hydroxyl groups is 1. The van der Waals surface area contributed by atoms with Crippen LogP contribution in [-0.4, -0.2) is 68.4 Å². The summed E-state index contributed by atoms with van der Waals surface area (Å²) in [4.78, 5) is 27.1. The van der Waals surface area contributed by atoms with Gasteiger partial charge in [-0.3, -0.25) is 0 Å². The van der Waals surface area contributed by atoms with Gasteiger partial charge in [0.05, 0.1) is 6.10 Å². The monoisotopic (exact) mass is 537 g/mol. The molecule has 1 saturated heterocycles. The van der Waals surface area contributed by atoms with E-state index in [1.165, 1.54) is 11.1 Å². The number of anilines is 4. The molecule has 0 radical (unpaired) electrons. The number of aliphatic hydroxyl groups excluding tert-OH is 1. The minimum atomic E-state index is -0.170. The molecule has 1 saturated carbocycles. The van der Waals surface area contributed by atoms with Crippen LogP contribution in [0.5, 0.6) is 0 Å². The van der Waals surface area contributed by atoms with E-state index in [1.54, 1.807) is 6.33 Å². The van der Waals surface area contributed by atoms with Gasteiger partial charge in [-0.1, -0.05) is 42.5 Å². The summed E-state index contributed by atoms with van der Waals surface area (Å²) in [6, 6.07) is 19.0. The third-order valence-corrected chi connectivity index (χ3v) is 7.53. The lowest BCUT2D eigenvalue weighted by molar-refractivity contribution is 0.179. The number of benzene rings is 2. The second-order valence-electron chi connectivity index (χ2n) is 10.5. The average molecular weight is 538 g/mol. The molecule has 0 spiro atoms. The Bertz CT molecular complexity index is 1380. The van der Waals surface area contributed by atoms with Crippen molar-refractivity contribution in [2.75, 3.05) is 41.3 Å². The topological polar surface area (TPSA) is 115 Å². The van der Waals surface area contributed by atoms with Crippen LogP contribution in [0.1, 0.15) is 36.0 Å². The van der Waals surface area contributed by atoms with Gasteiger partial charge in [-0.2, -0.15) is 4.98 Å². The highest BCUT2D eigenvalue weighted by Gasteiger charge is 2.23. The van der Waals surface area contributed by atoms with Crippen LogP contribution in [0.25, 0.3) is 0 Å². The summed E-state index contributed by atoms with van der Waals surface area (Å²) >= 11 is 0. The predicted molar refractivity (Wildman–Crippen MR) is 156 cm³/mol. The van der Waals surface area contributed by atoms with Crippen molar-refractivity contribution >= 4 is 23.5 Å². The van der Waals surface area contributed by atoms with Crippen molar-refractivity contribution in [3.8, 4) is 0 Å². The molecular formula is C30H35N9O. The van der Waals surface area contributed by atoms with E-state index < -0.39 is 0 Å². The summed E-state index contributed by atoms with van der Waals surface area (Å²) < 4.78 is 0. The van der Waals surface area contributed by atoms with Crippen LogP contribution < -0.4 is 20.4 Å². The van der Waals surface area contributed by atoms with Crippen LogP contribution in [0.15, 0.2) is 73.3 Å². The van der Waals surface area contributed by atoms with E-state index >= 15 is 0 Å². The first-order valence-corrected chi connectivity index (χ1v) is 14.0. The van der Waals surface area contributed by atoms with Crippen LogP contribution in [0, 0.1) is 0 Å². The van der Waals surface area contributed by atoms with Gasteiger partial charge >= 0.3 is 0 Å². The normalized spacial score (nSPS) is 19.1. The molecule has 206 valence electrons. The van der Waals surface area contributed by atoms with Gasteiger partial charge in [0.2, 0.25) is 17.8 Å². The van der Waals surface area contributed by atoms with Gasteiger partial charge in [-0.25, -0.2) is 19.9 Å². The highest BCUT2D eigenvalue weighted by Crippen LogP contribution is 2.21. The van der Waals surface area contributed by atoms with Gasteiger partial charge < -0.3 is 25.5 Å². The number of nitrogens with one attached hydrogen (secondary N) is 2. The predicted octanol–water partition coefficient (Wildman–Crippen LogP) is 3.33. The molecule has 2 unspecified atom stereocenters. The minimum Gasteiger partial charge on any atom is -0.393 e. The molecule has 10 heteroatoms. The van der Waals surface area contributed by atoms with Crippen molar-refractivity contribution in [2.24, 2.45) is 0 Å². The standard InChI is InChI=1S/C30H35N9O/c40-27-10-9-25(17-27)31-18-23-7-4-8-26(16-23)36-28-34-21-35-30(37-28)39-13-11-38(12-14-39)29-32-19-24(20-33-29)15-22-5-2-1-3-6-22/h1-8,16,19-21,25,27,31,40H,9-15,17-18H2,(H,34,35,36,37). The van der Waals surface area contributed by atoms with Crippen molar-refractivity contribution in [1.29, 1.82) is 0 Å². The first-order valence-electron chi connectivity index (χ1n) is 14.0. The van der Waals surface area contributed by atoms with Crippen LogP contribution in [0.2, 0.25) is 0 Å². The molecule has 40 heavy (non-hydrogen) atoms. The lowest BCUT2D eigenvalue weighted by Gasteiger charge is -2.34. The molecular weight excluding hydrogens is 502 g/mol.